The van der Waals surface area contributed by atoms with Crippen molar-refractivity contribution in [2.24, 2.45) is 0 Å². The molecule has 0 aliphatic carbocycles. The Balaban J connectivity index is 1.76. The minimum atomic E-state index is -4.79. The summed E-state index contributed by atoms with van der Waals surface area (Å²) in [5.41, 5.74) is 2.12. The third-order valence-electron chi connectivity index (χ3n) is 5.93. The van der Waals surface area contributed by atoms with Gasteiger partial charge in [-0.15, -0.1) is 0 Å². The fraction of sp³-hybridized carbons (Fsp3) is 0.261. The van der Waals surface area contributed by atoms with Gasteiger partial charge in [-0.1, -0.05) is 23.7 Å². The van der Waals surface area contributed by atoms with Gasteiger partial charge in [0.1, 0.15) is 11.9 Å². The molecule has 34 heavy (non-hydrogen) atoms. The summed E-state index contributed by atoms with van der Waals surface area (Å²) < 4.78 is 70.1. The van der Waals surface area contributed by atoms with Gasteiger partial charge in [0, 0.05) is 33.7 Å². The summed E-state index contributed by atoms with van der Waals surface area (Å²) in [6, 6.07) is 7.07. The van der Waals surface area contributed by atoms with E-state index in [-0.39, 0.29) is 29.4 Å². The summed E-state index contributed by atoms with van der Waals surface area (Å²) in [4.78, 5) is 15.8. The summed E-state index contributed by atoms with van der Waals surface area (Å²) in [5, 5.41) is 1.31. The summed E-state index contributed by atoms with van der Waals surface area (Å²) in [7, 11) is 0. The van der Waals surface area contributed by atoms with E-state index in [4.69, 9.17) is 11.6 Å². The van der Waals surface area contributed by atoms with Gasteiger partial charge in [0.25, 0.3) is 0 Å². The first-order valence-electron chi connectivity index (χ1n) is 10.4. The number of fused-ring (bicyclic) bond motifs is 3. The highest BCUT2D eigenvalue weighted by molar-refractivity contribution is 6.31. The molecule has 1 aliphatic rings. The van der Waals surface area contributed by atoms with Crippen LogP contribution in [-0.2, 0) is 12.6 Å². The number of anilines is 1. The minimum Gasteiger partial charge on any atom is -0.356 e. The highest BCUT2D eigenvalue weighted by Gasteiger charge is 2.39. The van der Waals surface area contributed by atoms with Crippen molar-refractivity contribution >= 4 is 28.5 Å². The smallest absolute Gasteiger partial charge is 0.356 e. The minimum absolute atomic E-state index is 0.0478. The number of hydrogen-bond acceptors (Lipinski definition) is 4. The number of benzene rings is 2. The highest BCUT2D eigenvalue weighted by Crippen LogP contribution is 2.42. The second-order valence-corrected chi connectivity index (χ2v) is 8.59. The summed E-state index contributed by atoms with van der Waals surface area (Å²) in [6.45, 7) is 2.91. The molecule has 5 nitrogen and oxygen atoms in total. The first-order chi connectivity index (χ1) is 16.0. The van der Waals surface area contributed by atoms with Crippen molar-refractivity contribution in [1.82, 2.24) is 19.9 Å². The maximum Gasteiger partial charge on any atom is 0.451 e. The largest absolute Gasteiger partial charge is 0.451 e. The molecule has 1 aliphatic heterocycles. The maximum atomic E-state index is 15.2. The normalized spacial score (nSPS) is 16.2. The Kier molecular flexibility index (Phi) is 5.23. The lowest BCUT2D eigenvalue weighted by molar-refractivity contribution is -0.145. The molecule has 3 heterocycles. The van der Waals surface area contributed by atoms with E-state index in [1.165, 1.54) is 30.9 Å². The van der Waals surface area contributed by atoms with Crippen molar-refractivity contribution in [1.29, 1.82) is 0 Å². The standard InChI is InChI=1S/C23H17ClF5N5/c1-10-3-5-14(18(26)17(10)25)20-19-13(15-9-12(24)4-6-16(15)32-19)7-8-34(20)22-31-11(2)30-21(33-22)23(27,28)29/h3-6,9,20,32H,7-8H2,1-2H3. The molecule has 0 fully saturated rings. The molecule has 176 valence electrons. The van der Waals surface area contributed by atoms with Crippen LogP contribution in [0.4, 0.5) is 27.9 Å². The Hall–Kier alpha value is -3.27. The molecule has 4 aromatic rings. The molecule has 1 atom stereocenters. The molecular weight excluding hydrogens is 477 g/mol. The topological polar surface area (TPSA) is 57.7 Å². The van der Waals surface area contributed by atoms with Crippen molar-refractivity contribution in [3.63, 3.8) is 0 Å². The van der Waals surface area contributed by atoms with Gasteiger partial charge < -0.3 is 9.88 Å². The number of aryl methyl sites for hydroxylation is 2. The summed E-state index contributed by atoms with van der Waals surface area (Å²) >= 11 is 6.17. The van der Waals surface area contributed by atoms with Crippen molar-refractivity contribution in [3.05, 3.63) is 81.0 Å². The van der Waals surface area contributed by atoms with Gasteiger partial charge in [0.2, 0.25) is 11.8 Å². The van der Waals surface area contributed by atoms with Crippen LogP contribution in [0.3, 0.4) is 0 Å². The highest BCUT2D eigenvalue weighted by atomic mass is 35.5. The lowest BCUT2D eigenvalue weighted by Crippen LogP contribution is -2.38. The zero-order valence-corrected chi connectivity index (χ0v) is 18.7. The molecule has 1 unspecified atom stereocenters. The van der Waals surface area contributed by atoms with Crippen molar-refractivity contribution < 1.29 is 22.0 Å². The van der Waals surface area contributed by atoms with Crippen LogP contribution >= 0.6 is 11.6 Å². The number of hydrogen-bond donors (Lipinski definition) is 1. The Morgan fingerprint density at radius 3 is 2.53 bits per heavy atom. The Labute approximate surface area is 195 Å². The van der Waals surface area contributed by atoms with E-state index in [9.17, 15) is 17.6 Å². The molecule has 0 amide bonds. The number of nitrogens with zero attached hydrogens (tertiary/aromatic N) is 4. The third kappa shape index (κ3) is 3.66. The lowest BCUT2D eigenvalue weighted by Gasteiger charge is -2.36. The Morgan fingerprint density at radius 2 is 1.79 bits per heavy atom. The average Bonchev–Trinajstić information content (AvgIpc) is 3.14. The van der Waals surface area contributed by atoms with Gasteiger partial charge in [0.05, 0.1) is 0 Å². The SMILES string of the molecule is Cc1nc(N2CCc3c([nH]c4ccc(Cl)cc34)C2c2ccc(C)c(F)c2F)nc(C(F)(F)F)n1. The molecule has 0 saturated heterocycles. The second-order valence-electron chi connectivity index (χ2n) is 8.16. The molecular formula is C23H17ClF5N5. The summed E-state index contributed by atoms with van der Waals surface area (Å²) in [5.74, 6) is -3.86. The van der Waals surface area contributed by atoms with Crippen LogP contribution in [0.25, 0.3) is 10.9 Å². The van der Waals surface area contributed by atoms with Gasteiger partial charge >= 0.3 is 6.18 Å². The molecule has 2 aromatic heterocycles. The van der Waals surface area contributed by atoms with E-state index in [1.807, 2.05) is 0 Å². The first-order valence-corrected chi connectivity index (χ1v) is 10.7. The van der Waals surface area contributed by atoms with E-state index < -0.39 is 29.7 Å². The fourth-order valence-electron chi connectivity index (χ4n) is 4.39. The predicted molar refractivity (Wildman–Crippen MR) is 117 cm³/mol. The Bertz CT molecular complexity index is 1430. The first kappa shape index (κ1) is 22.5. The number of halogens is 6. The predicted octanol–water partition coefficient (Wildman–Crippen LogP) is 6.07. The molecule has 1 N–H and O–H groups in total. The van der Waals surface area contributed by atoms with E-state index >= 15 is 4.39 Å². The Morgan fingerprint density at radius 1 is 1.03 bits per heavy atom. The number of rotatable bonds is 2. The fourth-order valence-corrected chi connectivity index (χ4v) is 4.57. The van der Waals surface area contributed by atoms with E-state index in [0.29, 0.717) is 17.1 Å². The number of H-pyrrole nitrogens is 1. The van der Waals surface area contributed by atoms with E-state index in [1.54, 1.807) is 18.2 Å². The van der Waals surface area contributed by atoms with Crippen molar-refractivity contribution in [3.8, 4) is 0 Å². The van der Waals surface area contributed by atoms with Crippen LogP contribution < -0.4 is 4.90 Å². The zero-order valence-electron chi connectivity index (χ0n) is 17.9. The van der Waals surface area contributed by atoms with Crippen molar-refractivity contribution in [2.75, 3.05) is 11.4 Å². The zero-order chi connectivity index (χ0) is 24.4. The van der Waals surface area contributed by atoms with Crippen LogP contribution in [0.5, 0.6) is 0 Å². The molecule has 11 heteroatoms. The number of alkyl halides is 3. The third-order valence-corrected chi connectivity index (χ3v) is 6.17. The van der Waals surface area contributed by atoms with E-state index in [0.717, 1.165) is 16.5 Å². The number of aromatic nitrogens is 4. The van der Waals surface area contributed by atoms with Gasteiger partial charge in [-0.05, 0) is 49.6 Å². The molecule has 0 saturated carbocycles. The van der Waals surface area contributed by atoms with Crippen LogP contribution in [0.2, 0.25) is 5.02 Å². The van der Waals surface area contributed by atoms with Gasteiger partial charge in [-0.2, -0.15) is 23.1 Å². The van der Waals surface area contributed by atoms with Gasteiger partial charge in [0.15, 0.2) is 11.6 Å². The average molecular weight is 494 g/mol. The van der Waals surface area contributed by atoms with Crippen LogP contribution in [0, 0.1) is 25.5 Å². The van der Waals surface area contributed by atoms with Gasteiger partial charge in [-0.3, -0.25) is 0 Å². The molecule has 5 rings (SSSR count). The van der Waals surface area contributed by atoms with Crippen LogP contribution in [0.1, 0.15) is 40.1 Å². The summed E-state index contributed by atoms with van der Waals surface area (Å²) in [6.07, 6.45) is -4.40. The number of aromatic amines is 1. The van der Waals surface area contributed by atoms with Crippen LogP contribution in [0.15, 0.2) is 30.3 Å². The molecule has 0 spiro atoms. The molecule has 2 aromatic carbocycles. The second kappa shape index (κ2) is 7.90. The lowest BCUT2D eigenvalue weighted by atomic mass is 9.91. The van der Waals surface area contributed by atoms with Crippen molar-refractivity contribution in [2.45, 2.75) is 32.5 Å². The van der Waals surface area contributed by atoms with Gasteiger partial charge in [-0.25, -0.2) is 13.8 Å². The van der Waals surface area contributed by atoms with Crippen LogP contribution in [-0.4, -0.2) is 26.5 Å². The molecule has 0 radical (unpaired) electrons. The number of nitrogens with one attached hydrogen (secondary N) is 1. The monoisotopic (exact) mass is 493 g/mol. The quantitative estimate of drug-likeness (QED) is 0.344. The maximum absolute atomic E-state index is 15.2. The van der Waals surface area contributed by atoms with E-state index in [2.05, 4.69) is 19.9 Å². The molecule has 0 bridgehead atoms.